The van der Waals surface area contributed by atoms with E-state index in [0.717, 1.165) is 0 Å². The van der Waals surface area contributed by atoms with Crippen LogP contribution >= 0.6 is 0 Å². The summed E-state index contributed by atoms with van der Waals surface area (Å²) in [6, 6.07) is 4.95. The maximum Gasteiger partial charge on any atom is 0.257 e. The van der Waals surface area contributed by atoms with E-state index in [2.05, 4.69) is 15.5 Å². The van der Waals surface area contributed by atoms with Crippen LogP contribution in [0, 0.1) is 13.8 Å². The zero-order valence-corrected chi connectivity index (χ0v) is 11.6. The maximum absolute atomic E-state index is 12.3. The van der Waals surface area contributed by atoms with Crippen molar-refractivity contribution in [2.75, 3.05) is 17.8 Å². The molecule has 3 rings (SSSR count). The minimum Gasteiger partial charge on any atom is -0.454 e. The van der Waals surface area contributed by atoms with Crippen LogP contribution < -0.4 is 20.5 Å². The van der Waals surface area contributed by atoms with Crippen LogP contribution in [0.1, 0.15) is 21.7 Å². The summed E-state index contributed by atoms with van der Waals surface area (Å²) >= 11 is 0. The minimum absolute atomic E-state index is 0.152. The largest absolute Gasteiger partial charge is 0.454 e. The molecule has 1 aliphatic heterocycles. The van der Waals surface area contributed by atoms with Crippen molar-refractivity contribution in [1.82, 2.24) is 10.2 Å². The number of nitrogens with two attached hydrogens (primary N) is 1. The van der Waals surface area contributed by atoms with E-state index < -0.39 is 0 Å². The molecule has 0 unspecified atom stereocenters. The van der Waals surface area contributed by atoms with Gasteiger partial charge in [-0.15, -0.1) is 0 Å². The highest BCUT2D eigenvalue weighted by Crippen LogP contribution is 2.38. The summed E-state index contributed by atoms with van der Waals surface area (Å²) in [5, 5.41) is 10.6. The Balaban J connectivity index is 1.90. The summed E-state index contributed by atoms with van der Waals surface area (Å²) in [7, 11) is 0. The third-order valence-corrected chi connectivity index (χ3v) is 3.14. The predicted molar refractivity (Wildman–Crippen MR) is 76.4 cm³/mol. The molecule has 7 heteroatoms. The van der Waals surface area contributed by atoms with Crippen LogP contribution in [0.3, 0.4) is 0 Å². The Morgan fingerprint density at radius 3 is 2.67 bits per heavy atom. The summed E-state index contributed by atoms with van der Waals surface area (Å²) in [4.78, 5) is 12.3. The van der Waals surface area contributed by atoms with Gasteiger partial charge in [-0.3, -0.25) is 4.79 Å². The van der Waals surface area contributed by atoms with Gasteiger partial charge in [0, 0.05) is 12.1 Å². The molecule has 1 amide bonds. The van der Waals surface area contributed by atoms with E-state index in [0.29, 0.717) is 39.8 Å². The number of carbonyl (C=O) groups is 1. The minimum atomic E-state index is -0.295. The van der Waals surface area contributed by atoms with Crippen molar-refractivity contribution in [3.05, 3.63) is 35.2 Å². The van der Waals surface area contributed by atoms with Gasteiger partial charge in [-0.1, -0.05) is 0 Å². The number of carbonyl (C=O) groups excluding carboxylic acids is 1. The van der Waals surface area contributed by atoms with Crippen molar-refractivity contribution < 1.29 is 14.3 Å². The lowest BCUT2D eigenvalue weighted by atomic mass is 10.1. The number of fused-ring (bicyclic) bond motifs is 1. The molecule has 0 saturated carbocycles. The first kappa shape index (κ1) is 13.2. The van der Waals surface area contributed by atoms with E-state index in [1.165, 1.54) is 0 Å². The third-order valence-electron chi connectivity index (χ3n) is 3.14. The van der Waals surface area contributed by atoms with E-state index in [9.17, 15) is 4.79 Å². The van der Waals surface area contributed by atoms with Gasteiger partial charge in [0.1, 0.15) is 0 Å². The zero-order chi connectivity index (χ0) is 15.0. The van der Waals surface area contributed by atoms with E-state index in [1.54, 1.807) is 32.0 Å². The molecule has 0 spiro atoms. The quantitative estimate of drug-likeness (QED) is 0.814. The molecule has 1 aromatic heterocycles. The molecule has 21 heavy (non-hydrogen) atoms. The molecule has 1 aliphatic rings. The van der Waals surface area contributed by atoms with E-state index in [4.69, 9.17) is 15.2 Å². The van der Waals surface area contributed by atoms with Crippen LogP contribution in [0.2, 0.25) is 0 Å². The Hall–Kier alpha value is -2.83. The molecule has 0 fully saturated rings. The van der Waals surface area contributed by atoms with Crippen LogP contribution in [-0.2, 0) is 0 Å². The van der Waals surface area contributed by atoms with Crippen LogP contribution in [0.25, 0.3) is 0 Å². The SMILES string of the molecule is Cc1cc(C(=O)Nc2cc3c(cc2N)OCO3)c(C)nn1. The number of nitrogens with one attached hydrogen (secondary N) is 1. The van der Waals surface area contributed by atoms with Crippen molar-refractivity contribution in [3.63, 3.8) is 0 Å². The summed E-state index contributed by atoms with van der Waals surface area (Å²) in [6.07, 6.45) is 0. The number of benzene rings is 1. The summed E-state index contributed by atoms with van der Waals surface area (Å²) < 4.78 is 10.5. The normalized spacial score (nSPS) is 12.3. The average molecular weight is 286 g/mol. The van der Waals surface area contributed by atoms with E-state index >= 15 is 0 Å². The molecule has 1 aromatic carbocycles. The smallest absolute Gasteiger partial charge is 0.257 e. The Morgan fingerprint density at radius 1 is 1.19 bits per heavy atom. The fraction of sp³-hybridized carbons (Fsp3) is 0.214. The van der Waals surface area contributed by atoms with Gasteiger partial charge in [0.15, 0.2) is 11.5 Å². The van der Waals surface area contributed by atoms with Crippen molar-refractivity contribution in [1.29, 1.82) is 0 Å². The number of aromatic nitrogens is 2. The number of nitrogens with zero attached hydrogens (tertiary/aromatic N) is 2. The molecular formula is C14H14N4O3. The lowest BCUT2D eigenvalue weighted by Crippen LogP contribution is -2.16. The second kappa shape index (κ2) is 4.93. The molecule has 0 radical (unpaired) electrons. The Labute approximate surface area is 121 Å². The number of nitrogen functional groups attached to an aromatic ring is 1. The van der Waals surface area contributed by atoms with Gasteiger partial charge in [0.05, 0.1) is 28.3 Å². The molecule has 3 N–H and O–H groups in total. The van der Waals surface area contributed by atoms with E-state index in [1.807, 2.05) is 0 Å². The van der Waals surface area contributed by atoms with Crippen LogP contribution in [-0.4, -0.2) is 22.9 Å². The van der Waals surface area contributed by atoms with E-state index in [-0.39, 0.29) is 12.7 Å². The molecule has 2 heterocycles. The molecule has 7 nitrogen and oxygen atoms in total. The topological polar surface area (TPSA) is 99.4 Å². The van der Waals surface area contributed by atoms with Crippen molar-refractivity contribution in [2.24, 2.45) is 0 Å². The van der Waals surface area contributed by atoms with Gasteiger partial charge in [-0.2, -0.15) is 10.2 Å². The molecule has 0 aliphatic carbocycles. The molecule has 108 valence electrons. The van der Waals surface area contributed by atoms with Crippen LogP contribution in [0.4, 0.5) is 11.4 Å². The van der Waals surface area contributed by atoms with Gasteiger partial charge in [0.2, 0.25) is 6.79 Å². The Morgan fingerprint density at radius 2 is 1.90 bits per heavy atom. The highest BCUT2D eigenvalue weighted by atomic mass is 16.7. The molecule has 0 saturated heterocycles. The summed E-state index contributed by atoms with van der Waals surface area (Å²) in [5.41, 5.74) is 8.47. The zero-order valence-electron chi connectivity index (χ0n) is 11.6. The number of hydrogen-bond acceptors (Lipinski definition) is 6. The lowest BCUT2D eigenvalue weighted by Gasteiger charge is -2.10. The van der Waals surface area contributed by atoms with Crippen molar-refractivity contribution >= 4 is 17.3 Å². The van der Waals surface area contributed by atoms with Gasteiger partial charge in [-0.25, -0.2) is 0 Å². The van der Waals surface area contributed by atoms with Crippen molar-refractivity contribution in [2.45, 2.75) is 13.8 Å². The third kappa shape index (κ3) is 2.45. The second-order valence-electron chi connectivity index (χ2n) is 4.73. The van der Waals surface area contributed by atoms with Gasteiger partial charge < -0.3 is 20.5 Å². The number of anilines is 2. The first-order chi connectivity index (χ1) is 10.0. The Kier molecular flexibility index (Phi) is 3.09. The average Bonchev–Trinajstić information content (AvgIpc) is 2.88. The van der Waals surface area contributed by atoms with Gasteiger partial charge in [-0.05, 0) is 19.9 Å². The highest BCUT2D eigenvalue weighted by Gasteiger charge is 2.18. The second-order valence-corrected chi connectivity index (χ2v) is 4.73. The number of aryl methyl sites for hydroxylation is 2. The van der Waals surface area contributed by atoms with Crippen LogP contribution in [0.5, 0.6) is 11.5 Å². The molecular weight excluding hydrogens is 272 g/mol. The fourth-order valence-corrected chi connectivity index (χ4v) is 2.04. The molecule has 0 bridgehead atoms. The number of ether oxygens (including phenoxy) is 2. The lowest BCUT2D eigenvalue weighted by molar-refractivity contribution is 0.102. The first-order valence-corrected chi connectivity index (χ1v) is 6.36. The standard InChI is InChI=1S/C14H14N4O3/c1-7-3-9(8(2)18-17-7)14(19)16-11-5-13-12(4-10(11)15)20-6-21-13/h3-5H,6,15H2,1-2H3,(H,16,19). The highest BCUT2D eigenvalue weighted by molar-refractivity contribution is 6.06. The summed E-state index contributed by atoms with van der Waals surface area (Å²) in [6.45, 7) is 3.65. The van der Waals surface area contributed by atoms with Gasteiger partial charge in [0.25, 0.3) is 5.91 Å². The Bertz CT molecular complexity index is 730. The van der Waals surface area contributed by atoms with Crippen molar-refractivity contribution in [3.8, 4) is 11.5 Å². The first-order valence-electron chi connectivity index (χ1n) is 6.36. The fourth-order valence-electron chi connectivity index (χ4n) is 2.04. The predicted octanol–water partition coefficient (Wildman–Crippen LogP) is 1.66. The number of rotatable bonds is 2. The monoisotopic (exact) mass is 286 g/mol. The van der Waals surface area contributed by atoms with Gasteiger partial charge >= 0.3 is 0 Å². The molecule has 2 aromatic rings. The summed E-state index contributed by atoms with van der Waals surface area (Å²) in [5.74, 6) is 0.833. The van der Waals surface area contributed by atoms with Crippen LogP contribution in [0.15, 0.2) is 18.2 Å². The number of amides is 1. The maximum atomic E-state index is 12.3. The molecule has 0 atom stereocenters. The number of hydrogen-bond donors (Lipinski definition) is 2.